The maximum atomic E-state index is 13.8. The molecule has 0 spiro atoms. The van der Waals surface area contributed by atoms with E-state index < -0.39 is 11.4 Å². The van der Waals surface area contributed by atoms with E-state index in [4.69, 9.17) is 0 Å². The predicted molar refractivity (Wildman–Crippen MR) is 85.8 cm³/mol. The van der Waals surface area contributed by atoms with Gasteiger partial charge in [-0.25, -0.2) is 4.39 Å². The van der Waals surface area contributed by atoms with Gasteiger partial charge in [0.1, 0.15) is 5.82 Å². The predicted octanol–water partition coefficient (Wildman–Crippen LogP) is 0.650. The minimum Gasteiger partial charge on any atom is -0.387 e. The molecular formula is C17H24FN3O2. The van der Waals surface area contributed by atoms with Gasteiger partial charge in [0.05, 0.1) is 17.7 Å². The molecule has 1 aromatic rings. The number of nitrogens with zero attached hydrogens (tertiary/aromatic N) is 3. The van der Waals surface area contributed by atoms with Crippen molar-refractivity contribution in [3.05, 3.63) is 35.6 Å². The van der Waals surface area contributed by atoms with Crippen molar-refractivity contribution in [2.75, 3.05) is 52.9 Å². The lowest BCUT2D eigenvalue weighted by molar-refractivity contribution is 0.000484. The van der Waals surface area contributed by atoms with Gasteiger partial charge in [0, 0.05) is 39.3 Å². The maximum Gasteiger partial charge on any atom is 0.256 e. The average molecular weight is 321 g/mol. The van der Waals surface area contributed by atoms with Crippen molar-refractivity contribution in [2.45, 2.75) is 12.0 Å². The lowest BCUT2D eigenvalue weighted by Gasteiger charge is -2.36. The Morgan fingerprint density at radius 1 is 1.22 bits per heavy atom. The van der Waals surface area contributed by atoms with Gasteiger partial charge in [0.15, 0.2) is 0 Å². The second-order valence-electron chi connectivity index (χ2n) is 6.76. The molecule has 3 rings (SSSR count). The molecule has 1 atom stereocenters. The lowest BCUT2D eigenvalue weighted by atomic mass is 10.0. The van der Waals surface area contributed by atoms with Crippen LogP contribution in [0.2, 0.25) is 0 Å². The van der Waals surface area contributed by atoms with Crippen molar-refractivity contribution in [1.29, 1.82) is 0 Å². The van der Waals surface area contributed by atoms with Crippen molar-refractivity contribution in [3.63, 3.8) is 0 Å². The molecule has 0 aromatic heterocycles. The number of β-amino-alcohol motifs (C(OH)–C–C–N with tert-alkyl or cyclic N) is 1. The van der Waals surface area contributed by atoms with E-state index in [-0.39, 0.29) is 18.0 Å². The SMILES string of the molecule is CN1CCN(CC2(O)CCN(C(=O)c3ccccc3F)C2)CC1. The molecule has 1 N–H and O–H groups in total. The molecule has 1 aromatic carbocycles. The number of aliphatic hydroxyl groups is 1. The summed E-state index contributed by atoms with van der Waals surface area (Å²) < 4.78 is 13.8. The third kappa shape index (κ3) is 3.71. The highest BCUT2D eigenvalue weighted by Gasteiger charge is 2.40. The highest BCUT2D eigenvalue weighted by molar-refractivity contribution is 5.94. The second-order valence-corrected chi connectivity index (χ2v) is 6.76. The minimum atomic E-state index is -0.892. The molecule has 2 aliphatic rings. The Hall–Kier alpha value is -1.50. The standard InChI is InChI=1S/C17H24FN3O2/c1-19-8-10-20(11-9-19)12-17(23)6-7-21(13-17)16(22)14-4-2-3-5-15(14)18/h2-5,23H,6-13H2,1H3. The molecule has 0 aliphatic carbocycles. The smallest absolute Gasteiger partial charge is 0.256 e. The van der Waals surface area contributed by atoms with Crippen molar-refractivity contribution < 1.29 is 14.3 Å². The molecule has 126 valence electrons. The van der Waals surface area contributed by atoms with Crippen molar-refractivity contribution in [1.82, 2.24) is 14.7 Å². The summed E-state index contributed by atoms with van der Waals surface area (Å²) in [6.45, 7) is 5.16. The normalized spacial score (nSPS) is 26.7. The number of likely N-dealkylation sites (N-methyl/N-ethyl adjacent to an activating group) is 1. The number of carbonyl (C=O) groups excluding carboxylic acids is 1. The van der Waals surface area contributed by atoms with Crippen LogP contribution < -0.4 is 0 Å². The number of piperazine rings is 1. The number of hydrogen-bond acceptors (Lipinski definition) is 4. The van der Waals surface area contributed by atoms with E-state index in [0.717, 1.165) is 26.2 Å². The number of rotatable bonds is 3. The lowest BCUT2D eigenvalue weighted by Crippen LogP contribution is -2.52. The van der Waals surface area contributed by atoms with Gasteiger partial charge in [0.25, 0.3) is 5.91 Å². The Bertz CT molecular complexity index is 575. The highest BCUT2D eigenvalue weighted by Crippen LogP contribution is 2.25. The number of carbonyl (C=O) groups is 1. The van der Waals surface area contributed by atoms with Gasteiger partial charge < -0.3 is 14.9 Å². The molecule has 1 amide bonds. The molecule has 2 saturated heterocycles. The molecule has 0 saturated carbocycles. The quantitative estimate of drug-likeness (QED) is 0.888. The van der Waals surface area contributed by atoms with Crippen molar-refractivity contribution in [3.8, 4) is 0 Å². The third-order valence-electron chi connectivity index (χ3n) is 4.84. The number of benzene rings is 1. The number of amides is 1. The first kappa shape index (κ1) is 16.4. The van der Waals surface area contributed by atoms with Gasteiger partial charge in [-0.05, 0) is 25.6 Å². The molecular weight excluding hydrogens is 297 g/mol. The summed E-state index contributed by atoms with van der Waals surface area (Å²) in [5.41, 5.74) is -0.812. The molecule has 0 bridgehead atoms. The van der Waals surface area contributed by atoms with Crippen molar-refractivity contribution >= 4 is 5.91 Å². The van der Waals surface area contributed by atoms with E-state index in [1.807, 2.05) is 0 Å². The molecule has 23 heavy (non-hydrogen) atoms. The van der Waals surface area contributed by atoms with E-state index in [1.54, 1.807) is 17.0 Å². The van der Waals surface area contributed by atoms with Crippen LogP contribution in [0.1, 0.15) is 16.8 Å². The van der Waals surface area contributed by atoms with Crippen molar-refractivity contribution in [2.24, 2.45) is 0 Å². The van der Waals surface area contributed by atoms with Gasteiger partial charge in [-0.2, -0.15) is 0 Å². The molecule has 6 heteroatoms. The van der Waals surface area contributed by atoms with Crippen LogP contribution >= 0.6 is 0 Å². The van der Waals surface area contributed by atoms with E-state index >= 15 is 0 Å². The first-order valence-electron chi connectivity index (χ1n) is 8.14. The zero-order valence-electron chi connectivity index (χ0n) is 13.5. The Morgan fingerprint density at radius 2 is 1.91 bits per heavy atom. The van der Waals surface area contributed by atoms with E-state index in [2.05, 4.69) is 16.8 Å². The van der Waals surface area contributed by atoms with Gasteiger partial charge in [-0.3, -0.25) is 9.69 Å². The van der Waals surface area contributed by atoms with E-state index in [9.17, 15) is 14.3 Å². The molecule has 2 aliphatic heterocycles. The largest absolute Gasteiger partial charge is 0.387 e. The summed E-state index contributed by atoms with van der Waals surface area (Å²) in [6.07, 6.45) is 0.541. The Kier molecular flexibility index (Phi) is 4.66. The zero-order chi connectivity index (χ0) is 16.4. The fourth-order valence-corrected chi connectivity index (χ4v) is 3.39. The van der Waals surface area contributed by atoms with Crippen LogP contribution in [0.5, 0.6) is 0 Å². The van der Waals surface area contributed by atoms with Crippen LogP contribution in [0.15, 0.2) is 24.3 Å². The average Bonchev–Trinajstić information content (AvgIpc) is 2.92. The van der Waals surface area contributed by atoms with Crippen LogP contribution in [0.3, 0.4) is 0 Å². The monoisotopic (exact) mass is 321 g/mol. The third-order valence-corrected chi connectivity index (χ3v) is 4.84. The molecule has 2 fully saturated rings. The van der Waals surface area contributed by atoms with Gasteiger partial charge >= 0.3 is 0 Å². The van der Waals surface area contributed by atoms with E-state index in [1.165, 1.54) is 12.1 Å². The van der Waals surface area contributed by atoms with Gasteiger partial charge in [-0.15, -0.1) is 0 Å². The van der Waals surface area contributed by atoms with Gasteiger partial charge in [0.2, 0.25) is 0 Å². The van der Waals surface area contributed by atoms with Crippen LogP contribution in [0.25, 0.3) is 0 Å². The first-order valence-corrected chi connectivity index (χ1v) is 8.14. The van der Waals surface area contributed by atoms with E-state index in [0.29, 0.717) is 19.5 Å². The summed E-state index contributed by atoms with van der Waals surface area (Å²) >= 11 is 0. The summed E-state index contributed by atoms with van der Waals surface area (Å²) in [5.74, 6) is -0.843. The van der Waals surface area contributed by atoms with Crippen LogP contribution in [-0.4, -0.2) is 84.2 Å². The fourth-order valence-electron chi connectivity index (χ4n) is 3.39. The number of halogens is 1. The molecule has 1 unspecified atom stereocenters. The molecule has 0 radical (unpaired) electrons. The topological polar surface area (TPSA) is 47.0 Å². The number of likely N-dealkylation sites (tertiary alicyclic amines) is 1. The summed E-state index contributed by atoms with van der Waals surface area (Å²) in [7, 11) is 2.09. The highest BCUT2D eigenvalue weighted by atomic mass is 19.1. The number of hydrogen-bond donors (Lipinski definition) is 1. The van der Waals surface area contributed by atoms with Crippen LogP contribution in [-0.2, 0) is 0 Å². The second kappa shape index (κ2) is 6.55. The summed E-state index contributed by atoms with van der Waals surface area (Å²) in [6, 6.07) is 6.01. The Labute approximate surface area is 136 Å². The summed E-state index contributed by atoms with van der Waals surface area (Å²) in [4.78, 5) is 18.5. The zero-order valence-corrected chi connectivity index (χ0v) is 13.5. The van der Waals surface area contributed by atoms with Gasteiger partial charge in [-0.1, -0.05) is 12.1 Å². The fraction of sp³-hybridized carbons (Fsp3) is 0.588. The first-order chi connectivity index (χ1) is 11.0. The maximum absolute atomic E-state index is 13.8. The summed E-state index contributed by atoms with van der Waals surface area (Å²) in [5, 5.41) is 10.8. The molecule has 5 nitrogen and oxygen atoms in total. The molecule has 2 heterocycles. The van der Waals surface area contributed by atoms with Crippen LogP contribution in [0, 0.1) is 5.82 Å². The van der Waals surface area contributed by atoms with Crippen LogP contribution in [0.4, 0.5) is 4.39 Å². The Morgan fingerprint density at radius 3 is 2.61 bits per heavy atom. The Balaban J connectivity index is 1.61. The minimum absolute atomic E-state index is 0.0800.